The molecule has 0 spiro atoms. The van der Waals surface area contributed by atoms with Gasteiger partial charge in [0.05, 0.1) is 0 Å². The van der Waals surface area contributed by atoms with Crippen molar-refractivity contribution < 1.29 is 8.78 Å². The molecule has 0 amide bonds. The van der Waals surface area contributed by atoms with Gasteiger partial charge in [-0.25, -0.2) is 8.78 Å². The first-order valence-electron chi connectivity index (χ1n) is 6.70. The van der Waals surface area contributed by atoms with Gasteiger partial charge >= 0.3 is 0 Å². The molecular formula is C15H23F2N. The smallest absolute Gasteiger partial charge is 0.126 e. The van der Waals surface area contributed by atoms with Gasteiger partial charge in [0.15, 0.2) is 0 Å². The molecule has 1 aromatic carbocycles. The van der Waals surface area contributed by atoms with E-state index in [9.17, 15) is 8.78 Å². The highest BCUT2D eigenvalue weighted by Gasteiger charge is 2.13. The predicted octanol–water partition coefficient (Wildman–Crippen LogP) is 3.92. The molecule has 1 aromatic rings. The van der Waals surface area contributed by atoms with E-state index in [1.807, 2.05) is 0 Å². The molecule has 0 bridgehead atoms. The lowest BCUT2D eigenvalue weighted by Crippen LogP contribution is -2.30. The van der Waals surface area contributed by atoms with Crippen LogP contribution in [0.1, 0.15) is 39.2 Å². The minimum atomic E-state index is -0.363. The van der Waals surface area contributed by atoms with Crippen LogP contribution in [0.3, 0.4) is 0 Å². The fourth-order valence-electron chi connectivity index (χ4n) is 2.10. The maximum Gasteiger partial charge on any atom is 0.126 e. The van der Waals surface area contributed by atoms with Gasteiger partial charge in [-0.1, -0.05) is 27.2 Å². The summed E-state index contributed by atoms with van der Waals surface area (Å²) in [6, 6.07) is 4.11. The van der Waals surface area contributed by atoms with Crippen LogP contribution in [-0.4, -0.2) is 12.6 Å². The van der Waals surface area contributed by atoms with Crippen LogP contribution in [0.5, 0.6) is 0 Å². The Morgan fingerprint density at radius 2 is 1.94 bits per heavy atom. The lowest BCUT2D eigenvalue weighted by atomic mass is 9.94. The fraction of sp³-hybridized carbons (Fsp3) is 0.600. The number of rotatable bonds is 7. The van der Waals surface area contributed by atoms with E-state index < -0.39 is 0 Å². The summed E-state index contributed by atoms with van der Waals surface area (Å²) in [6.45, 7) is 7.14. The topological polar surface area (TPSA) is 12.0 Å². The first-order chi connectivity index (χ1) is 8.52. The van der Waals surface area contributed by atoms with E-state index in [1.165, 1.54) is 18.2 Å². The number of hydrogen-bond donors (Lipinski definition) is 1. The van der Waals surface area contributed by atoms with E-state index in [0.717, 1.165) is 19.4 Å². The van der Waals surface area contributed by atoms with Crippen molar-refractivity contribution in [3.05, 3.63) is 35.4 Å². The van der Waals surface area contributed by atoms with Crippen molar-refractivity contribution in [3.8, 4) is 0 Å². The molecule has 0 saturated heterocycles. The van der Waals surface area contributed by atoms with Gasteiger partial charge in [-0.3, -0.25) is 0 Å². The first-order valence-corrected chi connectivity index (χ1v) is 6.70. The summed E-state index contributed by atoms with van der Waals surface area (Å²) < 4.78 is 26.7. The van der Waals surface area contributed by atoms with Crippen LogP contribution in [0.15, 0.2) is 18.2 Å². The molecule has 1 unspecified atom stereocenters. The summed E-state index contributed by atoms with van der Waals surface area (Å²) >= 11 is 0. The van der Waals surface area contributed by atoms with Crippen LogP contribution in [0.25, 0.3) is 0 Å². The fourth-order valence-corrected chi connectivity index (χ4v) is 2.10. The molecule has 0 fully saturated rings. The Morgan fingerprint density at radius 1 is 1.22 bits per heavy atom. The summed E-state index contributed by atoms with van der Waals surface area (Å²) in [5.41, 5.74) is 0.485. The Hall–Kier alpha value is -0.960. The van der Waals surface area contributed by atoms with Crippen LogP contribution in [-0.2, 0) is 6.42 Å². The summed E-state index contributed by atoms with van der Waals surface area (Å²) in [7, 11) is 0. The van der Waals surface area contributed by atoms with Crippen LogP contribution in [0, 0.1) is 17.6 Å². The molecule has 1 N–H and O–H groups in total. The minimum absolute atomic E-state index is 0.304. The molecule has 0 aliphatic rings. The summed E-state index contributed by atoms with van der Waals surface area (Å²) in [4.78, 5) is 0. The van der Waals surface area contributed by atoms with Gasteiger partial charge in [-0.2, -0.15) is 0 Å². The van der Waals surface area contributed by atoms with Gasteiger partial charge in [0.25, 0.3) is 0 Å². The third-order valence-corrected chi connectivity index (χ3v) is 3.03. The van der Waals surface area contributed by atoms with Crippen molar-refractivity contribution in [1.29, 1.82) is 0 Å². The highest BCUT2D eigenvalue weighted by atomic mass is 19.1. The minimum Gasteiger partial charge on any atom is -0.314 e. The lowest BCUT2D eigenvalue weighted by Gasteiger charge is -2.19. The predicted molar refractivity (Wildman–Crippen MR) is 71.6 cm³/mol. The molecule has 0 radical (unpaired) electrons. The zero-order chi connectivity index (χ0) is 13.5. The zero-order valence-corrected chi connectivity index (χ0v) is 11.5. The van der Waals surface area contributed by atoms with Gasteiger partial charge in [0, 0.05) is 6.04 Å². The third kappa shape index (κ3) is 5.13. The van der Waals surface area contributed by atoms with Gasteiger partial charge in [-0.15, -0.1) is 0 Å². The van der Waals surface area contributed by atoms with Crippen molar-refractivity contribution in [2.45, 2.75) is 46.1 Å². The van der Waals surface area contributed by atoms with Gasteiger partial charge in [-0.05, 0) is 49.1 Å². The number of halogens is 2. The molecule has 0 aromatic heterocycles. The van der Waals surface area contributed by atoms with Crippen molar-refractivity contribution in [1.82, 2.24) is 5.32 Å². The standard InChI is InChI=1S/C15H23F2N/c1-4-5-12(10-18-11(2)3)8-13-9-14(16)6-7-15(13)17/h6-7,9,11-12,18H,4-5,8,10H2,1-3H3. The third-order valence-electron chi connectivity index (χ3n) is 3.03. The van der Waals surface area contributed by atoms with Crippen molar-refractivity contribution in [3.63, 3.8) is 0 Å². The molecule has 102 valence electrons. The highest BCUT2D eigenvalue weighted by Crippen LogP contribution is 2.17. The number of nitrogens with one attached hydrogen (secondary N) is 1. The Morgan fingerprint density at radius 3 is 2.56 bits per heavy atom. The maximum atomic E-state index is 13.6. The molecule has 3 heteroatoms. The average Bonchev–Trinajstić information content (AvgIpc) is 2.31. The van der Waals surface area contributed by atoms with Crippen molar-refractivity contribution in [2.24, 2.45) is 5.92 Å². The Bertz CT molecular complexity index is 364. The number of benzene rings is 1. The van der Waals surface area contributed by atoms with Gasteiger partial charge in [0.1, 0.15) is 11.6 Å². The van der Waals surface area contributed by atoms with E-state index in [0.29, 0.717) is 23.9 Å². The van der Waals surface area contributed by atoms with E-state index in [-0.39, 0.29) is 11.6 Å². The first kappa shape index (κ1) is 15.1. The van der Waals surface area contributed by atoms with Crippen LogP contribution >= 0.6 is 0 Å². The van der Waals surface area contributed by atoms with Gasteiger partial charge in [0.2, 0.25) is 0 Å². The molecule has 1 nitrogen and oxygen atoms in total. The summed E-state index contributed by atoms with van der Waals surface area (Å²) in [6.07, 6.45) is 2.67. The Balaban J connectivity index is 2.66. The van der Waals surface area contributed by atoms with E-state index >= 15 is 0 Å². The van der Waals surface area contributed by atoms with Crippen LogP contribution < -0.4 is 5.32 Å². The van der Waals surface area contributed by atoms with Crippen molar-refractivity contribution in [2.75, 3.05) is 6.54 Å². The Labute approximate surface area is 109 Å². The summed E-state index contributed by atoms with van der Waals surface area (Å²) in [5, 5.41) is 3.37. The SMILES string of the molecule is CCCC(CNC(C)C)Cc1cc(F)ccc1F. The van der Waals surface area contributed by atoms with E-state index in [2.05, 4.69) is 26.1 Å². The normalized spacial score (nSPS) is 13.0. The largest absolute Gasteiger partial charge is 0.314 e. The van der Waals surface area contributed by atoms with Crippen LogP contribution in [0.2, 0.25) is 0 Å². The lowest BCUT2D eigenvalue weighted by molar-refractivity contribution is 0.412. The Kier molecular flexibility index (Phi) is 6.27. The summed E-state index contributed by atoms with van der Waals surface area (Å²) in [5.74, 6) is -0.311. The monoisotopic (exact) mass is 255 g/mol. The molecule has 0 heterocycles. The second-order valence-corrected chi connectivity index (χ2v) is 5.16. The van der Waals surface area contributed by atoms with Gasteiger partial charge < -0.3 is 5.32 Å². The average molecular weight is 255 g/mol. The molecule has 18 heavy (non-hydrogen) atoms. The second kappa shape index (κ2) is 7.47. The maximum absolute atomic E-state index is 13.6. The molecule has 0 aliphatic carbocycles. The van der Waals surface area contributed by atoms with E-state index in [4.69, 9.17) is 0 Å². The van der Waals surface area contributed by atoms with Crippen molar-refractivity contribution >= 4 is 0 Å². The van der Waals surface area contributed by atoms with E-state index in [1.54, 1.807) is 0 Å². The molecule has 1 atom stereocenters. The zero-order valence-electron chi connectivity index (χ0n) is 11.5. The highest BCUT2D eigenvalue weighted by molar-refractivity contribution is 5.19. The molecular weight excluding hydrogens is 232 g/mol. The molecule has 0 saturated carbocycles. The van der Waals surface area contributed by atoms with Crippen LogP contribution in [0.4, 0.5) is 8.78 Å². The molecule has 1 rings (SSSR count). The quantitative estimate of drug-likeness (QED) is 0.778. The number of hydrogen-bond acceptors (Lipinski definition) is 1. The second-order valence-electron chi connectivity index (χ2n) is 5.16. The molecule has 0 aliphatic heterocycles.